The number of amides is 2. The lowest BCUT2D eigenvalue weighted by Gasteiger charge is -2.25. The second-order valence-corrected chi connectivity index (χ2v) is 6.54. The summed E-state index contributed by atoms with van der Waals surface area (Å²) in [6, 6.07) is 3.75. The van der Waals surface area contributed by atoms with E-state index in [1.807, 2.05) is 13.8 Å². The fourth-order valence-electron chi connectivity index (χ4n) is 3.59. The number of carbonyl (C=O) groups excluding carboxylic acids is 2. The van der Waals surface area contributed by atoms with Crippen LogP contribution < -0.4 is 4.74 Å². The molecule has 1 aromatic carbocycles. The summed E-state index contributed by atoms with van der Waals surface area (Å²) in [6.07, 6.45) is 1.26. The van der Waals surface area contributed by atoms with Gasteiger partial charge >= 0.3 is 0 Å². The van der Waals surface area contributed by atoms with Gasteiger partial charge in [0.25, 0.3) is 5.91 Å². The molecule has 1 fully saturated rings. The van der Waals surface area contributed by atoms with Gasteiger partial charge in [0.05, 0.1) is 18.2 Å². The van der Waals surface area contributed by atoms with Gasteiger partial charge in [-0.1, -0.05) is 13.8 Å². The Kier molecular flexibility index (Phi) is 4.47. The minimum atomic E-state index is -0.439. The molecule has 2 heterocycles. The van der Waals surface area contributed by atoms with Gasteiger partial charge in [-0.2, -0.15) is 0 Å². The summed E-state index contributed by atoms with van der Waals surface area (Å²) in [5.41, 5.74) is 0.367. The summed E-state index contributed by atoms with van der Waals surface area (Å²) >= 11 is 0. The van der Waals surface area contributed by atoms with Crippen molar-refractivity contribution >= 4 is 11.8 Å². The number of likely N-dealkylation sites (N-methyl/N-ethyl adjacent to an activating group) is 1. The standard InChI is InChI=1S/C18H23FN2O3/c1-4-11(5-2)17(22)21-9-14-16(10-21)24-15-8-12(19)6-7-13(15)18(23)20(14)3/h6-8,11,14,16H,4-5,9-10H2,1-3H3. The van der Waals surface area contributed by atoms with Crippen molar-refractivity contribution in [2.24, 2.45) is 5.92 Å². The Morgan fingerprint density at radius 2 is 2.04 bits per heavy atom. The lowest BCUT2D eigenvalue weighted by atomic mass is 10.0. The molecule has 2 aliphatic heterocycles. The van der Waals surface area contributed by atoms with E-state index in [9.17, 15) is 14.0 Å². The summed E-state index contributed by atoms with van der Waals surface area (Å²) in [6.45, 7) is 4.89. The van der Waals surface area contributed by atoms with Crippen LogP contribution in [0.25, 0.3) is 0 Å². The number of carbonyl (C=O) groups is 2. The number of hydrogen-bond acceptors (Lipinski definition) is 3. The van der Waals surface area contributed by atoms with Crippen LogP contribution in [0.2, 0.25) is 0 Å². The molecule has 2 unspecified atom stereocenters. The first kappa shape index (κ1) is 16.7. The van der Waals surface area contributed by atoms with Crippen LogP contribution in [-0.4, -0.2) is 53.9 Å². The molecule has 6 heteroatoms. The van der Waals surface area contributed by atoms with Gasteiger partial charge < -0.3 is 14.5 Å². The van der Waals surface area contributed by atoms with Crippen LogP contribution >= 0.6 is 0 Å². The molecule has 1 saturated heterocycles. The summed E-state index contributed by atoms with van der Waals surface area (Å²) in [5.74, 6) is -0.272. The quantitative estimate of drug-likeness (QED) is 0.852. The van der Waals surface area contributed by atoms with Crippen molar-refractivity contribution < 1.29 is 18.7 Å². The first-order chi connectivity index (χ1) is 11.5. The zero-order chi connectivity index (χ0) is 17.4. The Morgan fingerprint density at radius 1 is 1.33 bits per heavy atom. The van der Waals surface area contributed by atoms with Crippen molar-refractivity contribution in [3.63, 3.8) is 0 Å². The topological polar surface area (TPSA) is 49.9 Å². The maximum absolute atomic E-state index is 13.5. The molecule has 2 atom stereocenters. The predicted molar refractivity (Wildman–Crippen MR) is 87.3 cm³/mol. The second kappa shape index (κ2) is 6.42. The van der Waals surface area contributed by atoms with Gasteiger partial charge in [-0.3, -0.25) is 9.59 Å². The summed E-state index contributed by atoms with van der Waals surface area (Å²) in [5, 5.41) is 0. The molecule has 0 aromatic heterocycles. The Balaban J connectivity index is 1.86. The third-order valence-corrected chi connectivity index (χ3v) is 5.15. The molecule has 2 amide bonds. The SMILES string of the molecule is CCC(CC)C(=O)N1CC2Oc3cc(F)ccc3C(=O)N(C)C2C1. The van der Waals surface area contributed by atoms with E-state index in [0.29, 0.717) is 18.7 Å². The number of hydrogen-bond donors (Lipinski definition) is 0. The maximum atomic E-state index is 13.5. The number of benzene rings is 1. The molecule has 5 nitrogen and oxygen atoms in total. The molecule has 1 aromatic rings. The number of halogens is 1. The highest BCUT2D eigenvalue weighted by molar-refractivity contribution is 5.97. The smallest absolute Gasteiger partial charge is 0.257 e. The molecular weight excluding hydrogens is 311 g/mol. The normalized spacial score (nSPS) is 23.0. The lowest BCUT2D eigenvalue weighted by molar-refractivity contribution is -0.135. The number of fused-ring (bicyclic) bond motifs is 2. The van der Waals surface area contributed by atoms with Gasteiger partial charge in [-0.25, -0.2) is 4.39 Å². The Bertz CT molecular complexity index is 660. The van der Waals surface area contributed by atoms with Crippen LogP contribution in [0, 0.1) is 11.7 Å². The van der Waals surface area contributed by atoms with Crippen molar-refractivity contribution in [3.8, 4) is 5.75 Å². The largest absolute Gasteiger partial charge is 0.485 e. The molecule has 3 rings (SSSR count). The van der Waals surface area contributed by atoms with Crippen molar-refractivity contribution in [1.82, 2.24) is 9.80 Å². The molecule has 24 heavy (non-hydrogen) atoms. The van der Waals surface area contributed by atoms with Crippen LogP contribution in [0.3, 0.4) is 0 Å². The molecule has 0 spiro atoms. The molecule has 130 valence electrons. The second-order valence-electron chi connectivity index (χ2n) is 6.54. The summed E-state index contributed by atoms with van der Waals surface area (Å²) in [4.78, 5) is 28.7. The van der Waals surface area contributed by atoms with Crippen LogP contribution in [-0.2, 0) is 4.79 Å². The Hall–Kier alpha value is -2.11. The minimum Gasteiger partial charge on any atom is -0.485 e. The van der Waals surface area contributed by atoms with Gasteiger partial charge in [-0.15, -0.1) is 0 Å². The zero-order valence-corrected chi connectivity index (χ0v) is 14.3. The Morgan fingerprint density at radius 3 is 2.71 bits per heavy atom. The first-order valence-electron chi connectivity index (χ1n) is 8.48. The van der Waals surface area contributed by atoms with Crippen LogP contribution in [0.5, 0.6) is 5.75 Å². The van der Waals surface area contributed by atoms with Crippen molar-refractivity contribution in [2.75, 3.05) is 20.1 Å². The monoisotopic (exact) mass is 334 g/mol. The third kappa shape index (κ3) is 2.74. The van der Waals surface area contributed by atoms with E-state index in [0.717, 1.165) is 12.8 Å². The number of nitrogens with zero attached hydrogens (tertiary/aromatic N) is 2. The van der Waals surface area contributed by atoms with E-state index in [1.54, 1.807) is 16.8 Å². The van der Waals surface area contributed by atoms with Gasteiger partial charge in [0.2, 0.25) is 5.91 Å². The van der Waals surface area contributed by atoms with Crippen LogP contribution in [0.4, 0.5) is 4.39 Å². The number of rotatable bonds is 3. The summed E-state index contributed by atoms with van der Waals surface area (Å²) < 4.78 is 19.5. The highest BCUT2D eigenvalue weighted by Crippen LogP contribution is 2.32. The number of ether oxygens (including phenoxy) is 1. The highest BCUT2D eigenvalue weighted by Gasteiger charge is 2.44. The average molecular weight is 334 g/mol. The van der Waals surface area contributed by atoms with Crippen molar-refractivity contribution in [2.45, 2.75) is 38.8 Å². The van der Waals surface area contributed by atoms with Crippen molar-refractivity contribution in [3.05, 3.63) is 29.6 Å². The fraction of sp³-hybridized carbons (Fsp3) is 0.556. The molecule has 2 aliphatic rings. The van der Waals surface area contributed by atoms with Gasteiger partial charge in [0, 0.05) is 25.6 Å². The zero-order valence-electron chi connectivity index (χ0n) is 14.3. The summed E-state index contributed by atoms with van der Waals surface area (Å²) in [7, 11) is 1.72. The average Bonchev–Trinajstić information content (AvgIpc) is 2.95. The number of likely N-dealkylation sites (tertiary alicyclic amines) is 1. The van der Waals surface area contributed by atoms with E-state index in [1.165, 1.54) is 18.2 Å². The fourth-order valence-corrected chi connectivity index (χ4v) is 3.59. The van der Waals surface area contributed by atoms with Crippen LogP contribution in [0.15, 0.2) is 18.2 Å². The van der Waals surface area contributed by atoms with Gasteiger partial charge in [0.1, 0.15) is 17.7 Å². The third-order valence-electron chi connectivity index (χ3n) is 5.15. The van der Waals surface area contributed by atoms with E-state index in [2.05, 4.69) is 0 Å². The van der Waals surface area contributed by atoms with E-state index in [-0.39, 0.29) is 35.6 Å². The van der Waals surface area contributed by atoms with E-state index in [4.69, 9.17) is 4.74 Å². The highest BCUT2D eigenvalue weighted by atomic mass is 19.1. The first-order valence-corrected chi connectivity index (χ1v) is 8.48. The molecule has 0 saturated carbocycles. The molecule has 0 aliphatic carbocycles. The predicted octanol–water partition coefficient (Wildman–Crippen LogP) is 2.31. The molecular formula is C18H23FN2O3. The molecule has 0 radical (unpaired) electrons. The van der Waals surface area contributed by atoms with Crippen LogP contribution in [0.1, 0.15) is 37.0 Å². The van der Waals surface area contributed by atoms with E-state index >= 15 is 0 Å². The minimum absolute atomic E-state index is 0.00178. The Labute approximate surface area is 141 Å². The maximum Gasteiger partial charge on any atom is 0.257 e. The van der Waals surface area contributed by atoms with Crippen molar-refractivity contribution in [1.29, 1.82) is 0 Å². The lowest BCUT2D eigenvalue weighted by Crippen LogP contribution is -2.44. The van der Waals surface area contributed by atoms with Gasteiger partial charge in [0.15, 0.2) is 0 Å². The molecule has 0 N–H and O–H groups in total. The van der Waals surface area contributed by atoms with E-state index < -0.39 is 5.82 Å². The molecule has 0 bridgehead atoms. The van der Waals surface area contributed by atoms with Gasteiger partial charge in [-0.05, 0) is 25.0 Å².